The number of amides is 1. The van der Waals surface area contributed by atoms with Gasteiger partial charge in [-0.3, -0.25) is 4.79 Å². The number of para-hydroxylation sites is 1. The predicted octanol–water partition coefficient (Wildman–Crippen LogP) is 0.887. The van der Waals surface area contributed by atoms with Crippen molar-refractivity contribution in [3.63, 3.8) is 0 Å². The first kappa shape index (κ1) is 24.2. The average molecular weight is 476 g/mol. The van der Waals surface area contributed by atoms with Gasteiger partial charge < -0.3 is 19.3 Å². The van der Waals surface area contributed by atoms with Gasteiger partial charge in [0.1, 0.15) is 0 Å². The number of hydrogen-bond acceptors (Lipinski definition) is 8. The zero-order valence-electron chi connectivity index (χ0n) is 18.3. The van der Waals surface area contributed by atoms with Crippen LogP contribution in [0, 0.1) is 0 Å². The summed E-state index contributed by atoms with van der Waals surface area (Å²) in [6, 6.07) is 13.1. The molecule has 2 aromatic carbocycles. The van der Waals surface area contributed by atoms with Gasteiger partial charge in [-0.05, 0) is 30.3 Å². The Bertz CT molecular complexity index is 1090. The fourth-order valence-corrected chi connectivity index (χ4v) is 4.47. The molecule has 11 heteroatoms. The lowest BCUT2D eigenvalue weighted by Gasteiger charge is -2.36. The third-order valence-corrected chi connectivity index (χ3v) is 6.61. The number of benzene rings is 2. The Morgan fingerprint density at radius 3 is 1.94 bits per heavy atom. The van der Waals surface area contributed by atoms with Gasteiger partial charge in [0.05, 0.1) is 36.8 Å². The van der Waals surface area contributed by atoms with Crippen molar-refractivity contribution in [2.24, 2.45) is 0 Å². The van der Waals surface area contributed by atoms with E-state index in [9.17, 15) is 22.8 Å². The first-order chi connectivity index (χ1) is 15.7. The molecule has 3 rings (SSSR count). The van der Waals surface area contributed by atoms with Gasteiger partial charge in [-0.25, -0.2) is 22.7 Å². The van der Waals surface area contributed by atoms with Crippen LogP contribution in [-0.4, -0.2) is 78.1 Å². The Kier molecular flexibility index (Phi) is 7.67. The van der Waals surface area contributed by atoms with Crippen molar-refractivity contribution < 1.29 is 32.3 Å². The molecular weight excluding hydrogens is 450 g/mol. The third kappa shape index (κ3) is 5.88. The van der Waals surface area contributed by atoms with Crippen molar-refractivity contribution in [1.29, 1.82) is 0 Å². The molecule has 1 amide bonds. The van der Waals surface area contributed by atoms with Crippen molar-refractivity contribution >= 4 is 33.6 Å². The first-order valence-electron chi connectivity index (χ1n) is 10.1. The normalized spacial score (nSPS) is 14.0. The molecule has 0 unspecified atom stereocenters. The number of nitrogens with zero attached hydrogens (tertiary/aromatic N) is 2. The summed E-state index contributed by atoms with van der Waals surface area (Å²) in [5.74, 6) is -2.00. The molecule has 0 saturated carbocycles. The van der Waals surface area contributed by atoms with Crippen LogP contribution in [0.2, 0.25) is 0 Å². The van der Waals surface area contributed by atoms with E-state index in [1.54, 1.807) is 4.90 Å². The first-order valence-corrected chi connectivity index (χ1v) is 11.6. The Morgan fingerprint density at radius 1 is 0.879 bits per heavy atom. The van der Waals surface area contributed by atoms with Crippen molar-refractivity contribution in [2.45, 2.75) is 4.90 Å². The Hall–Kier alpha value is -3.44. The van der Waals surface area contributed by atoms with Crippen LogP contribution in [0.1, 0.15) is 20.7 Å². The molecule has 176 valence electrons. The van der Waals surface area contributed by atoms with Crippen molar-refractivity contribution in [3.05, 3.63) is 59.7 Å². The second-order valence-electron chi connectivity index (χ2n) is 7.26. The second-order valence-corrected chi connectivity index (χ2v) is 9.02. The summed E-state index contributed by atoms with van der Waals surface area (Å²) in [5.41, 5.74) is 0.797. The molecule has 1 saturated heterocycles. The summed E-state index contributed by atoms with van der Waals surface area (Å²) >= 11 is 0. The number of methoxy groups -OCH3 is 2. The maximum atomic E-state index is 12.8. The predicted molar refractivity (Wildman–Crippen MR) is 120 cm³/mol. The van der Waals surface area contributed by atoms with Crippen molar-refractivity contribution in [2.75, 3.05) is 51.8 Å². The van der Waals surface area contributed by atoms with E-state index in [2.05, 4.69) is 19.1 Å². The minimum Gasteiger partial charge on any atom is -0.465 e. The number of hydrogen-bond donors (Lipinski definition) is 1. The second kappa shape index (κ2) is 10.5. The summed E-state index contributed by atoms with van der Waals surface area (Å²) in [7, 11) is -1.93. The van der Waals surface area contributed by atoms with E-state index in [1.807, 2.05) is 30.3 Å². The number of carbonyl (C=O) groups is 3. The molecule has 1 N–H and O–H groups in total. The number of rotatable bonds is 7. The maximum absolute atomic E-state index is 12.8. The summed E-state index contributed by atoms with van der Waals surface area (Å²) in [4.78, 5) is 39.8. The zero-order chi connectivity index (χ0) is 24.0. The van der Waals surface area contributed by atoms with E-state index in [1.165, 1.54) is 6.07 Å². The molecule has 1 aliphatic rings. The van der Waals surface area contributed by atoms with Crippen molar-refractivity contribution in [1.82, 2.24) is 9.62 Å². The van der Waals surface area contributed by atoms with Gasteiger partial charge in [-0.15, -0.1) is 0 Å². The number of esters is 2. The topological polar surface area (TPSA) is 122 Å². The number of piperazine rings is 1. The molecule has 0 aliphatic carbocycles. The lowest BCUT2D eigenvalue weighted by molar-refractivity contribution is -0.130. The highest BCUT2D eigenvalue weighted by Gasteiger charge is 2.25. The van der Waals surface area contributed by atoms with Crippen LogP contribution in [0.25, 0.3) is 0 Å². The van der Waals surface area contributed by atoms with Gasteiger partial charge in [0.15, 0.2) is 0 Å². The molecule has 10 nitrogen and oxygen atoms in total. The lowest BCUT2D eigenvalue weighted by Crippen LogP contribution is -2.51. The van der Waals surface area contributed by atoms with E-state index in [4.69, 9.17) is 0 Å². The smallest absolute Gasteiger partial charge is 0.337 e. The van der Waals surface area contributed by atoms with Crippen LogP contribution < -0.4 is 9.62 Å². The summed E-state index contributed by atoms with van der Waals surface area (Å²) in [6.45, 7) is 1.72. The summed E-state index contributed by atoms with van der Waals surface area (Å²) in [5, 5.41) is 0. The van der Waals surface area contributed by atoms with E-state index >= 15 is 0 Å². The van der Waals surface area contributed by atoms with E-state index in [0.717, 1.165) is 32.0 Å². The minimum atomic E-state index is -4.20. The molecule has 0 atom stereocenters. The average Bonchev–Trinajstić information content (AvgIpc) is 2.86. The minimum absolute atomic E-state index is 0.135. The van der Waals surface area contributed by atoms with Gasteiger partial charge in [0.2, 0.25) is 15.9 Å². The Balaban J connectivity index is 1.66. The molecule has 1 fully saturated rings. The number of nitrogens with one attached hydrogen (secondary N) is 1. The van der Waals surface area contributed by atoms with Gasteiger partial charge in [-0.2, -0.15) is 0 Å². The van der Waals surface area contributed by atoms with Crippen LogP contribution >= 0.6 is 0 Å². The van der Waals surface area contributed by atoms with Gasteiger partial charge in [-0.1, -0.05) is 18.2 Å². The number of anilines is 1. The van der Waals surface area contributed by atoms with Crippen molar-refractivity contribution in [3.8, 4) is 0 Å². The van der Waals surface area contributed by atoms with Gasteiger partial charge in [0.25, 0.3) is 0 Å². The summed E-state index contributed by atoms with van der Waals surface area (Å²) in [6.07, 6.45) is 0. The molecule has 0 bridgehead atoms. The number of sulfonamides is 1. The molecule has 2 aromatic rings. The Labute approximate surface area is 192 Å². The SMILES string of the molecule is COC(=O)c1cc(C(=O)OC)cc(S(=O)(=O)NCC(=O)N2CCN(c3ccccc3)CC2)c1. The molecule has 0 radical (unpaired) electrons. The highest BCUT2D eigenvalue weighted by molar-refractivity contribution is 7.89. The van der Waals surface area contributed by atoms with Crippen LogP contribution in [0.5, 0.6) is 0 Å². The van der Waals surface area contributed by atoms with E-state index in [0.29, 0.717) is 26.2 Å². The molecule has 1 aliphatic heterocycles. The molecule has 0 spiro atoms. The highest BCUT2D eigenvalue weighted by atomic mass is 32.2. The fraction of sp³-hybridized carbons (Fsp3) is 0.318. The van der Waals surface area contributed by atoms with Crippen LogP contribution in [0.15, 0.2) is 53.4 Å². The van der Waals surface area contributed by atoms with Gasteiger partial charge in [0, 0.05) is 31.9 Å². The maximum Gasteiger partial charge on any atom is 0.337 e. The van der Waals surface area contributed by atoms with E-state index < -0.39 is 28.5 Å². The highest BCUT2D eigenvalue weighted by Crippen LogP contribution is 2.18. The molecule has 33 heavy (non-hydrogen) atoms. The Morgan fingerprint density at radius 2 is 1.42 bits per heavy atom. The quantitative estimate of drug-likeness (QED) is 0.586. The molecule has 1 heterocycles. The fourth-order valence-electron chi connectivity index (χ4n) is 3.43. The number of carbonyl (C=O) groups excluding carboxylic acids is 3. The zero-order valence-corrected chi connectivity index (χ0v) is 19.1. The summed E-state index contributed by atoms with van der Waals surface area (Å²) < 4.78 is 37.1. The lowest BCUT2D eigenvalue weighted by atomic mass is 10.1. The van der Waals surface area contributed by atoms with Gasteiger partial charge >= 0.3 is 11.9 Å². The standard InChI is InChI=1S/C22H25N3O7S/c1-31-21(27)16-12-17(22(28)32-2)14-19(13-16)33(29,30)23-15-20(26)25-10-8-24(9-11-25)18-6-4-3-5-7-18/h3-7,12-14,23H,8-11,15H2,1-2H3. The third-order valence-electron chi connectivity index (χ3n) is 5.23. The number of ether oxygens (including phenoxy) is 2. The van der Waals surface area contributed by atoms with E-state index in [-0.39, 0.29) is 21.9 Å². The van der Waals surface area contributed by atoms with Crippen LogP contribution in [0.4, 0.5) is 5.69 Å². The monoisotopic (exact) mass is 475 g/mol. The van der Waals surface area contributed by atoms with Crippen LogP contribution in [0.3, 0.4) is 0 Å². The largest absolute Gasteiger partial charge is 0.465 e. The molecular formula is C22H25N3O7S. The van der Waals surface area contributed by atoms with Crippen LogP contribution in [-0.2, 0) is 24.3 Å². The molecule has 0 aromatic heterocycles.